The van der Waals surface area contributed by atoms with E-state index in [0.717, 1.165) is 19.0 Å². The molecule has 2 rings (SSSR count). The summed E-state index contributed by atoms with van der Waals surface area (Å²) in [6, 6.07) is 12.2. The highest BCUT2D eigenvalue weighted by Crippen LogP contribution is 2.15. The van der Waals surface area contributed by atoms with Crippen LogP contribution in [-0.2, 0) is 6.42 Å². The minimum absolute atomic E-state index is 0.593. The molecule has 1 aromatic rings. The SMILES string of the molecule is CCC(CSC)N1CCCNC(Cc2ccccc2)C1. The van der Waals surface area contributed by atoms with Crippen LogP contribution in [0.4, 0.5) is 0 Å². The molecule has 1 heterocycles. The van der Waals surface area contributed by atoms with Crippen LogP contribution >= 0.6 is 11.8 Å². The first-order chi connectivity index (χ1) is 9.83. The van der Waals surface area contributed by atoms with Crippen LogP contribution in [0, 0.1) is 0 Å². The number of hydrogen-bond donors (Lipinski definition) is 1. The number of rotatable bonds is 6. The molecule has 2 atom stereocenters. The van der Waals surface area contributed by atoms with E-state index < -0.39 is 0 Å². The predicted octanol–water partition coefficient (Wildman–Crippen LogP) is 3.03. The van der Waals surface area contributed by atoms with E-state index in [9.17, 15) is 0 Å². The molecule has 0 saturated carbocycles. The van der Waals surface area contributed by atoms with Crippen molar-refractivity contribution in [3.63, 3.8) is 0 Å². The van der Waals surface area contributed by atoms with Crippen molar-refractivity contribution < 1.29 is 0 Å². The van der Waals surface area contributed by atoms with Crippen LogP contribution in [0.5, 0.6) is 0 Å². The van der Waals surface area contributed by atoms with Crippen molar-refractivity contribution in [2.75, 3.05) is 31.6 Å². The number of benzene rings is 1. The maximum atomic E-state index is 3.73. The van der Waals surface area contributed by atoms with Gasteiger partial charge >= 0.3 is 0 Å². The summed E-state index contributed by atoms with van der Waals surface area (Å²) in [7, 11) is 0. The van der Waals surface area contributed by atoms with E-state index in [0.29, 0.717) is 6.04 Å². The Morgan fingerprint density at radius 3 is 2.85 bits per heavy atom. The molecule has 1 saturated heterocycles. The largest absolute Gasteiger partial charge is 0.312 e. The summed E-state index contributed by atoms with van der Waals surface area (Å²) in [4.78, 5) is 2.71. The fraction of sp³-hybridized carbons (Fsp3) is 0.647. The zero-order valence-electron chi connectivity index (χ0n) is 12.8. The highest BCUT2D eigenvalue weighted by atomic mass is 32.2. The van der Waals surface area contributed by atoms with Crippen molar-refractivity contribution in [3.8, 4) is 0 Å². The standard InChI is InChI=1S/C17H28N2S/c1-3-17(14-20-2)19-11-7-10-18-16(13-19)12-15-8-5-4-6-9-15/h4-6,8-9,16-18H,3,7,10-14H2,1-2H3. The van der Waals surface area contributed by atoms with Crippen LogP contribution in [0.15, 0.2) is 30.3 Å². The van der Waals surface area contributed by atoms with E-state index >= 15 is 0 Å². The zero-order chi connectivity index (χ0) is 14.2. The molecule has 0 radical (unpaired) electrons. The molecule has 0 aliphatic carbocycles. The van der Waals surface area contributed by atoms with Gasteiger partial charge in [-0.05, 0) is 44.2 Å². The lowest BCUT2D eigenvalue weighted by Gasteiger charge is -2.31. The molecule has 2 unspecified atom stereocenters. The summed E-state index contributed by atoms with van der Waals surface area (Å²) in [6.07, 6.45) is 5.91. The van der Waals surface area contributed by atoms with Crippen LogP contribution in [0.2, 0.25) is 0 Å². The fourth-order valence-electron chi connectivity index (χ4n) is 3.07. The third kappa shape index (κ3) is 4.80. The van der Waals surface area contributed by atoms with Gasteiger partial charge in [0.05, 0.1) is 0 Å². The first-order valence-corrected chi connectivity index (χ1v) is 9.23. The van der Waals surface area contributed by atoms with Gasteiger partial charge in [-0.3, -0.25) is 4.90 Å². The Kier molecular flexibility index (Phi) is 6.91. The van der Waals surface area contributed by atoms with Gasteiger partial charge in [0.25, 0.3) is 0 Å². The molecule has 1 aromatic carbocycles. The molecule has 112 valence electrons. The van der Waals surface area contributed by atoms with Gasteiger partial charge in [0.15, 0.2) is 0 Å². The van der Waals surface area contributed by atoms with E-state index in [1.807, 2.05) is 11.8 Å². The van der Waals surface area contributed by atoms with Gasteiger partial charge in [-0.1, -0.05) is 37.3 Å². The monoisotopic (exact) mass is 292 g/mol. The number of hydrogen-bond acceptors (Lipinski definition) is 3. The van der Waals surface area contributed by atoms with E-state index in [4.69, 9.17) is 0 Å². The quantitative estimate of drug-likeness (QED) is 0.867. The van der Waals surface area contributed by atoms with Crippen molar-refractivity contribution in [2.45, 2.75) is 38.3 Å². The van der Waals surface area contributed by atoms with Crippen molar-refractivity contribution in [1.29, 1.82) is 0 Å². The minimum Gasteiger partial charge on any atom is -0.312 e. The molecular weight excluding hydrogens is 264 g/mol. The second-order valence-electron chi connectivity index (χ2n) is 5.71. The molecule has 0 aromatic heterocycles. The van der Waals surface area contributed by atoms with Gasteiger partial charge in [-0.25, -0.2) is 0 Å². The van der Waals surface area contributed by atoms with E-state index in [2.05, 4.69) is 53.7 Å². The van der Waals surface area contributed by atoms with E-state index in [-0.39, 0.29) is 0 Å². The number of nitrogens with zero attached hydrogens (tertiary/aromatic N) is 1. The van der Waals surface area contributed by atoms with E-state index in [1.165, 1.54) is 37.2 Å². The fourth-order valence-corrected chi connectivity index (χ4v) is 3.90. The Balaban J connectivity index is 1.95. The van der Waals surface area contributed by atoms with Crippen LogP contribution in [0.3, 0.4) is 0 Å². The number of nitrogens with one attached hydrogen (secondary N) is 1. The van der Waals surface area contributed by atoms with Gasteiger partial charge in [0.1, 0.15) is 0 Å². The van der Waals surface area contributed by atoms with Crippen molar-refractivity contribution in [1.82, 2.24) is 10.2 Å². The Morgan fingerprint density at radius 1 is 1.35 bits per heavy atom. The summed E-state index contributed by atoms with van der Waals surface area (Å²) in [6.45, 7) is 5.92. The maximum Gasteiger partial charge on any atom is 0.0235 e. The molecule has 1 aliphatic heterocycles. The Labute approximate surface area is 128 Å². The first kappa shape index (κ1) is 15.9. The summed E-state index contributed by atoms with van der Waals surface area (Å²) in [5, 5.41) is 3.73. The number of thioether (sulfide) groups is 1. The van der Waals surface area contributed by atoms with Crippen LogP contribution in [0.25, 0.3) is 0 Å². The Bertz CT molecular complexity index is 369. The summed E-state index contributed by atoms with van der Waals surface area (Å²) in [5.41, 5.74) is 1.45. The van der Waals surface area contributed by atoms with E-state index in [1.54, 1.807) is 0 Å². The van der Waals surface area contributed by atoms with Gasteiger partial charge in [0, 0.05) is 24.4 Å². The smallest absolute Gasteiger partial charge is 0.0235 e. The Morgan fingerprint density at radius 2 is 2.15 bits per heavy atom. The topological polar surface area (TPSA) is 15.3 Å². The van der Waals surface area contributed by atoms with Crippen LogP contribution in [0.1, 0.15) is 25.3 Å². The van der Waals surface area contributed by atoms with Crippen molar-refractivity contribution >= 4 is 11.8 Å². The molecule has 1 fully saturated rings. The highest BCUT2D eigenvalue weighted by molar-refractivity contribution is 7.98. The first-order valence-electron chi connectivity index (χ1n) is 7.83. The molecule has 1 N–H and O–H groups in total. The molecule has 20 heavy (non-hydrogen) atoms. The van der Waals surface area contributed by atoms with Crippen molar-refractivity contribution in [3.05, 3.63) is 35.9 Å². The molecular formula is C17H28N2S. The second-order valence-corrected chi connectivity index (χ2v) is 6.62. The molecule has 0 spiro atoms. The summed E-state index contributed by atoms with van der Waals surface area (Å²) in [5.74, 6) is 1.26. The Hall–Kier alpha value is -0.510. The van der Waals surface area contributed by atoms with Gasteiger partial charge < -0.3 is 5.32 Å². The summed E-state index contributed by atoms with van der Waals surface area (Å²) >= 11 is 1.98. The lowest BCUT2D eigenvalue weighted by molar-refractivity contribution is 0.203. The normalized spacial score (nSPS) is 22.4. The van der Waals surface area contributed by atoms with Gasteiger partial charge in [-0.2, -0.15) is 11.8 Å². The molecule has 1 aliphatic rings. The lowest BCUT2D eigenvalue weighted by Crippen LogP contribution is -2.44. The van der Waals surface area contributed by atoms with Crippen molar-refractivity contribution in [2.24, 2.45) is 0 Å². The van der Waals surface area contributed by atoms with Gasteiger partial charge in [0.2, 0.25) is 0 Å². The predicted molar refractivity (Wildman–Crippen MR) is 90.6 cm³/mol. The lowest BCUT2D eigenvalue weighted by atomic mass is 10.0. The van der Waals surface area contributed by atoms with Gasteiger partial charge in [-0.15, -0.1) is 0 Å². The third-order valence-electron chi connectivity index (χ3n) is 4.18. The third-order valence-corrected chi connectivity index (χ3v) is 4.90. The average molecular weight is 292 g/mol. The van der Waals surface area contributed by atoms with Crippen LogP contribution in [-0.4, -0.2) is 48.6 Å². The average Bonchev–Trinajstić information content (AvgIpc) is 2.71. The highest BCUT2D eigenvalue weighted by Gasteiger charge is 2.22. The summed E-state index contributed by atoms with van der Waals surface area (Å²) < 4.78 is 0. The molecule has 3 heteroatoms. The second kappa shape index (κ2) is 8.71. The molecule has 2 nitrogen and oxygen atoms in total. The van der Waals surface area contributed by atoms with Crippen LogP contribution < -0.4 is 5.32 Å². The maximum absolute atomic E-state index is 3.73. The molecule has 0 bridgehead atoms. The zero-order valence-corrected chi connectivity index (χ0v) is 13.7. The minimum atomic E-state index is 0.593. The molecule has 0 amide bonds.